The Hall–Kier alpha value is -2.44. The monoisotopic (exact) mass is 344 g/mol. The first-order chi connectivity index (χ1) is 11.3. The van der Waals surface area contributed by atoms with Gasteiger partial charge in [-0.3, -0.25) is 4.79 Å². The molecule has 0 radical (unpaired) electrons. The van der Waals surface area contributed by atoms with E-state index in [1.807, 2.05) is 0 Å². The molecule has 2 aromatic rings. The van der Waals surface area contributed by atoms with Gasteiger partial charge in [0.2, 0.25) is 34.8 Å². The van der Waals surface area contributed by atoms with Crippen molar-refractivity contribution in [2.75, 3.05) is 0 Å². The molecule has 7 heteroatoms. The molecule has 0 aliphatic heterocycles. The van der Waals surface area contributed by atoms with Crippen LogP contribution >= 0.6 is 0 Å². The maximum atomic E-state index is 13.6. The topological polar surface area (TPSA) is 26.3 Å². The number of benzene rings is 2. The van der Waals surface area contributed by atoms with Gasteiger partial charge in [0.05, 0.1) is 5.92 Å². The molecular formula is C17H13F5O2. The van der Waals surface area contributed by atoms with Crippen molar-refractivity contribution in [3.05, 3.63) is 65.0 Å². The van der Waals surface area contributed by atoms with Crippen LogP contribution in [0.15, 0.2) is 30.3 Å². The highest BCUT2D eigenvalue weighted by atomic mass is 19.2. The summed E-state index contributed by atoms with van der Waals surface area (Å²) in [5.74, 6) is -15.0. The van der Waals surface area contributed by atoms with E-state index in [0.29, 0.717) is 5.56 Å². The second kappa shape index (κ2) is 6.98. The first kappa shape index (κ1) is 17.9. The molecule has 2 rings (SSSR count). The third-order valence-corrected chi connectivity index (χ3v) is 3.45. The molecular weight excluding hydrogens is 331 g/mol. The van der Waals surface area contributed by atoms with Crippen molar-refractivity contribution in [1.29, 1.82) is 0 Å². The van der Waals surface area contributed by atoms with Crippen LogP contribution < -0.4 is 4.74 Å². The van der Waals surface area contributed by atoms with Gasteiger partial charge >= 0.3 is 5.97 Å². The summed E-state index contributed by atoms with van der Waals surface area (Å²) in [5.41, 5.74) is 0.501. The fraction of sp³-hybridized carbons (Fsp3) is 0.235. The first-order valence-electron chi connectivity index (χ1n) is 7.03. The SMILES string of the molecule is CC(C)[C@@H](C(=O)Oc1c(F)c(F)c(F)c(F)c1F)c1ccccc1. The summed E-state index contributed by atoms with van der Waals surface area (Å²) in [6, 6.07) is 8.21. The summed E-state index contributed by atoms with van der Waals surface area (Å²) in [7, 11) is 0. The van der Waals surface area contributed by atoms with Crippen LogP contribution in [-0.2, 0) is 4.79 Å². The van der Waals surface area contributed by atoms with Crippen molar-refractivity contribution >= 4 is 5.97 Å². The highest BCUT2D eigenvalue weighted by Gasteiger charge is 2.32. The molecule has 1 atom stereocenters. The van der Waals surface area contributed by atoms with E-state index in [9.17, 15) is 26.7 Å². The molecule has 0 heterocycles. The molecule has 0 aliphatic carbocycles. The number of carbonyl (C=O) groups excluding carboxylic acids is 1. The van der Waals surface area contributed by atoms with Gasteiger partial charge in [-0.15, -0.1) is 0 Å². The highest BCUT2D eigenvalue weighted by Crippen LogP contribution is 2.32. The molecule has 0 spiro atoms. The van der Waals surface area contributed by atoms with Crippen LogP contribution in [0.1, 0.15) is 25.3 Å². The minimum absolute atomic E-state index is 0.332. The molecule has 0 bridgehead atoms. The quantitative estimate of drug-likeness (QED) is 0.264. The highest BCUT2D eigenvalue weighted by molar-refractivity contribution is 5.80. The zero-order chi connectivity index (χ0) is 18.0. The van der Waals surface area contributed by atoms with Gasteiger partial charge in [-0.05, 0) is 11.5 Å². The van der Waals surface area contributed by atoms with E-state index < -0.39 is 46.7 Å². The summed E-state index contributed by atoms with van der Waals surface area (Å²) in [4.78, 5) is 12.3. The molecule has 2 nitrogen and oxygen atoms in total. The van der Waals surface area contributed by atoms with E-state index in [2.05, 4.69) is 4.74 Å². The Morgan fingerprint density at radius 2 is 1.29 bits per heavy atom. The minimum atomic E-state index is -2.31. The smallest absolute Gasteiger partial charge is 0.319 e. The number of hydrogen-bond donors (Lipinski definition) is 0. The van der Waals surface area contributed by atoms with Crippen LogP contribution in [0.4, 0.5) is 22.0 Å². The summed E-state index contributed by atoms with van der Waals surface area (Å²) in [6.45, 7) is 3.33. The standard InChI is InChI=1S/C17H13F5O2/c1-8(2)10(9-6-4-3-5-7-9)17(23)24-16-14(21)12(19)11(18)13(20)15(16)22/h3-8,10H,1-2H3/t10-/m1/s1. The van der Waals surface area contributed by atoms with E-state index in [1.54, 1.807) is 44.2 Å². The number of esters is 1. The molecule has 0 unspecified atom stereocenters. The van der Waals surface area contributed by atoms with Crippen LogP contribution in [0.3, 0.4) is 0 Å². The van der Waals surface area contributed by atoms with E-state index in [1.165, 1.54) is 0 Å². The van der Waals surface area contributed by atoms with Crippen LogP contribution in [-0.4, -0.2) is 5.97 Å². The Balaban J connectivity index is 2.42. The molecule has 0 amide bonds. The van der Waals surface area contributed by atoms with Crippen LogP contribution in [0.25, 0.3) is 0 Å². The fourth-order valence-electron chi connectivity index (χ4n) is 2.29. The van der Waals surface area contributed by atoms with E-state index in [4.69, 9.17) is 0 Å². The van der Waals surface area contributed by atoms with Crippen molar-refractivity contribution in [3.8, 4) is 5.75 Å². The van der Waals surface area contributed by atoms with Crippen molar-refractivity contribution in [1.82, 2.24) is 0 Å². The van der Waals surface area contributed by atoms with Crippen LogP contribution in [0.5, 0.6) is 5.75 Å². The number of halogens is 5. The van der Waals surface area contributed by atoms with E-state index >= 15 is 0 Å². The first-order valence-corrected chi connectivity index (χ1v) is 7.03. The third kappa shape index (κ3) is 3.25. The van der Waals surface area contributed by atoms with Gasteiger partial charge in [-0.1, -0.05) is 44.2 Å². The number of carbonyl (C=O) groups is 1. The average molecular weight is 344 g/mol. The predicted molar refractivity (Wildman–Crippen MR) is 75.9 cm³/mol. The Morgan fingerprint density at radius 3 is 1.75 bits per heavy atom. The Bertz CT molecular complexity index is 730. The summed E-state index contributed by atoms with van der Waals surface area (Å²) in [6.07, 6.45) is 0. The van der Waals surface area contributed by atoms with E-state index in [0.717, 1.165) is 0 Å². The fourth-order valence-corrected chi connectivity index (χ4v) is 2.29. The van der Waals surface area contributed by atoms with Gasteiger partial charge in [0.25, 0.3) is 0 Å². The Kier molecular flexibility index (Phi) is 5.21. The Labute approximate surface area is 134 Å². The minimum Gasteiger partial charge on any atom is -0.420 e. The van der Waals surface area contributed by atoms with Gasteiger partial charge in [-0.2, -0.15) is 8.78 Å². The maximum Gasteiger partial charge on any atom is 0.319 e. The summed E-state index contributed by atoms with van der Waals surface area (Å²) in [5, 5.41) is 0. The summed E-state index contributed by atoms with van der Waals surface area (Å²) >= 11 is 0. The molecule has 0 saturated carbocycles. The predicted octanol–water partition coefficient (Wildman–Crippen LogP) is 4.73. The van der Waals surface area contributed by atoms with Gasteiger partial charge < -0.3 is 4.74 Å². The second-order valence-corrected chi connectivity index (χ2v) is 5.45. The zero-order valence-electron chi connectivity index (χ0n) is 12.7. The summed E-state index contributed by atoms with van der Waals surface area (Å²) < 4.78 is 71.2. The van der Waals surface area contributed by atoms with Gasteiger partial charge in [-0.25, -0.2) is 13.2 Å². The lowest BCUT2D eigenvalue weighted by molar-refractivity contribution is -0.137. The molecule has 0 N–H and O–H groups in total. The molecule has 24 heavy (non-hydrogen) atoms. The van der Waals surface area contributed by atoms with Gasteiger partial charge in [0.15, 0.2) is 0 Å². The zero-order valence-corrected chi connectivity index (χ0v) is 12.7. The van der Waals surface area contributed by atoms with Crippen LogP contribution in [0.2, 0.25) is 0 Å². The Morgan fingerprint density at radius 1 is 0.833 bits per heavy atom. The lowest BCUT2D eigenvalue weighted by Gasteiger charge is -2.20. The van der Waals surface area contributed by atoms with Crippen LogP contribution in [0, 0.1) is 35.0 Å². The number of hydrogen-bond acceptors (Lipinski definition) is 2. The molecule has 0 aromatic heterocycles. The van der Waals surface area contributed by atoms with Crippen molar-refractivity contribution in [2.45, 2.75) is 19.8 Å². The number of rotatable bonds is 4. The van der Waals surface area contributed by atoms with Gasteiger partial charge in [0.1, 0.15) is 0 Å². The second-order valence-electron chi connectivity index (χ2n) is 5.45. The van der Waals surface area contributed by atoms with Crippen molar-refractivity contribution in [3.63, 3.8) is 0 Å². The van der Waals surface area contributed by atoms with Crippen molar-refractivity contribution in [2.24, 2.45) is 5.92 Å². The molecule has 128 valence electrons. The molecule has 0 fully saturated rings. The van der Waals surface area contributed by atoms with Gasteiger partial charge in [0, 0.05) is 0 Å². The number of ether oxygens (including phenoxy) is 1. The van der Waals surface area contributed by atoms with E-state index in [-0.39, 0.29) is 5.92 Å². The average Bonchev–Trinajstić information content (AvgIpc) is 2.56. The normalized spacial score (nSPS) is 12.3. The van der Waals surface area contributed by atoms with Crippen molar-refractivity contribution < 1.29 is 31.5 Å². The third-order valence-electron chi connectivity index (χ3n) is 3.45. The lowest BCUT2D eigenvalue weighted by Crippen LogP contribution is -2.24. The lowest BCUT2D eigenvalue weighted by atomic mass is 9.88. The molecule has 0 saturated heterocycles. The molecule has 0 aliphatic rings. The largest absolute Gasteiger partial charge is 0.420 e. The molecule has 2 aromatic carbocycles. The maximum absolute atomic E-state index is 13.6.